The Labute approximate surface area is 131 Å². The van der Waals surface area contributed by atoms with E-state index in [9.17, 15) is 14.4 Å². The topological polar surface area (TPSA) is 75.7 Å². The minimum absolute atomic E-state index is 0.181. The van der Waals surface area contributed by atoms with Crippen LogP contribution in [0.25, 0.3) is 0 Å². The summed E-state index contributed by atoms with van der Waals surface area (Å²) in [5.41, 5.74) is 0. The average Bonchev–Trinajstić information content (AvgIpc) is 3.00. The molecule has 0 unspecified atom stereocenters. The molecule has 114 valence electrons. The lowest BCUT2D eigenvalue weighted by molar-refractivity contribution is -0.142. The number of rotatable bonds is 6. The summed E-state index contributed by atoms with van der Waals surface area (Å²) in [5.74, 6) is -0.990. The largest absolute Gasteiger partial charge is 0.374 e. The van der Waals surface area contributed by atoms with Crippen molar-refractivity contribution < 1.29 is 19.1 Å². The summed E-state index contributed by atoms with van der Waals surface area (Å²) in [4.78, 5) is 36.5. The van der Waals surface area contributed by atoms with E-state index in [0.717, 1.165) is 9.78 Å². The molecule has 0 spiro atoms. The molecular formula is C13H15ClN2O4S. The van der Waals surface area contributed by atoms with Gasteiger partial charge in [0, 0.05) is 31.4 Å². The normalized spacial score (nSPS) is 16.4. The molecule has 0 bridgehead atoms. The second-order valence-corrected chi connectivity index (χ2v) is 6.29. The Morgan fingerprint density at radius 2 is 2.10 bits per heavy atom. The molecule has 0 aromatic carbocycles. The number of amides is 3. The highest BCUT2D eigenvalue weighted by Gasteiger charge is 2.30. The van der Waals surface area contributed by atoms with E-state index < -0.39 is 0 Å². The van der Waals surface area contributed by atoms with E-state index in [4.69, 9.17) is 16.3 Å². The van der Waals surface area contributed by atoms with Gasteiger partial charge >= 0.3 is 0 Å². The predicted molar refractivity (Wildman–Crippen MR) is 78.0 cm³/mol. The number of hydrogen-bond donors (Lipinski definition) is 1. The van der Waals surface area contributed by atoms with Gasteiger partial charge in [-0.3, -0.25) is 19.3 Å². The summed E-state index contributed by atoms with van der Waals surface area (Å²) < 4.78 is 5.95. The van der Waals surface area contributed by atoms with Crippen LogP contribution >= 0.6 is 22.9 Å². The number of ether oxygens (including phenoxy) is 1. The van der Waals surface area contributed by atoms with Crippen LogP contribution in [0.1, 0.15) is 23.8 Å². The zero-order chi connectivity index (χ0) is 15.4. The quantitative estimate of drug-likeness (QED) is 0.799. The molecular weight excluding hydrogens is 316 g/mol. The van der Waals surface area contributed by atoms with Crippen molar-refractivity contribution in [1.29, 1.82) is 0 Å². The van der Waals surface area contributed by atoms with Gasteiger partial charge in [0.25, 0.3) is 0 Å². The van der Waals surface area contributed by atoms with Crippen LogP contribution < -0.4 is 5.32 Å². The third-order valence-electron chi connectivity index (χ3n) is 3.14. The molecule has 1 aromatic rings. The number of carbonyl (C=O) groups excluding carboxylic acids is 3. The summed E-state index contributed by atoms with van der Waals surface area (Å²) >= 11 is 7.24. The highest BCUT2D eigenvalue weighted by atomic mass is 35.5. The maximum Gasteiger partial charge on any atom is 0.240 e. The third-order valence-corrected chi connectivity index (χ3v) is 4.46. The highest BCUT2D eigenvalue weighted by molar-refractivity contribution is 7.16. The van der Waals surface area contributed by atoms with Crippen molar-refractivity contribution in [2.75, 3.05) is 20.2 Å². The van der Waals surface area contributed by atoms with Gasteiger partial charge in [0.15, 0.2) is 0 Å². The van der Waals surface area contributed by atoms with Crippen LogP contribution in [-0.4, -0.2) is 42.8 Å². The van der Waals surface area contributed by atoms with Gasteiger partial charge in [-0.25, -0.2) is 0 Å². The van der Waals surface area contributed by atoms with Crippen LogP contribution in [-0.2, 0) is 19.1 Å². The number of likely N-dealkylation sites (tertiary alicyclic amines) is 1. The standard InChI is InChI=1S/C13H15ClN2O4S/c1-20-8(9-2-3-10(14)21-9)6-15-11(17)7-16-12(18)4-5-13(16)19/h2-3,8H,4-7H2,1H3,(H,15,17)/t8-/m1/s1. The fraction of sp³-hybridized carbons (Fsp3) is 0.462. The minimum Gasteiger partial charge on any atom is -0.374 e. The highest BCUT2D eigenvalue weighted by Crippen LogP contribution is 2.28. The molecule has 0 saturated carbocycles. The zero-order valence-electron chi connectivity index (χ0n) is 11.4. The third kappa shape index (κ3) is 4.03. The Bertz CT molecular complexity index is 544. The maximum absolute atomic E-state index is 11.8. The van der Waals surface area contributed by atoms with Gasteiger partial charge in [-0.1, -0.05) is 11.6 Å². The first-order valence-electron chi connectivity index (χ1n) is 6.39. The Morgan fingerprint density at radius 3 is 2.62 bits per heavy atom. The summed E-state index contributed by atoms with van der Waals surface area (Å²) in [6, 6.07) is 3.60. The van der Waals surface area contributed by atoms with Crippen molar-refractivity contribution in [3.05, 3.63) is 21.3 Å². The molecule has 1 aliphatic heterocycles. The maximum atomic E-state index is 11.8. The molecule has 1 aliphatic rings. The summed E-state index contributed by atoms with van der Waals surface area (Å²) in [7, 11) is 1.54. The molecule has 1 N–H and O–H groups in total. The smallest absolute Gasteiger partial charge is 0.240 e. The summed E-state index contributed by atoms with van der Waals surface area (Å²) in [5, 5.41) is 2.66. The average molecular weight is 331 g/mol. The van der Waals surface area contributed by atoms with Crippen LogP contribution in [0.2, 0.25) is 4.34 Å². The van der Waals surface area contributed by atoms with Crippen LogP contribution in [0.15, 0.2) is 12.1 Å². The number of carbonyl (C=O) groups is 3. The molecule has 1 atom stereocenters. The molecule has 8 heteroatoms. The number of hydrogen-bond acceptors (Lipinski definition) is 5. The van der Waals surface area contributed by atoms with Gasteiger partial charge in [-0.15, -0.1) is 11.3 Å². The SMILES string of the molecule is CO[C@H](CNC(=O)CN1C(=O)CCC1=O)c1ccc(Cl)s1. The van der Waals surface area contributed by atoms with Gasteiger partial charge in [-0.2, -0.15) is 0 Å². The zero-order valence-corrected chi connectivity index (χ0v) is 13.0. The van der Waals surface area contributed by atoms with Gasteiger partial charge < -0.3 is 10.1 Å². The van der Waals surface area contributed by atoms with Crippen LogP contribution in [0.5, 0.6) is 0 Å². The van der Waals surface area contributed by atoms with Gasteiger partial charge in [0.05, 0.1) is 4.34 Å². The van der Waals surface area contributed by atoms with E-state index in [1.165, 1.54) is 18.4 Å². The van der Waals surface area contributed by atoms with Crippen molar-refractivity contribution >= 4 is 40.7 Å². The number of nitrogens with zero attached hydrogens (tertiary/aromatic N) is 1. The fourth-order valence-corrected chi connectivity index (χ4v) is 3.15. The molecule has 1 saturated heterocycles. The van der Waals surface area contributed by atoms with E-state index in [1.54, 1.807) is 6.07 Å². The van der Waals surface area contributed by atoms with E-state index in [2.05, 4.69) is 5.32 Å². The monoisotopic (exact) mass is 330 g/mol. The van der Waals surface area contributed by atoms with E-state index in [0.29, 0.717) is 4.34 Å². The lowest BCUT2D eigenvalue weighted by Gasteiger charge is -2.17. The Kier molecular flexibility index (Phi) is 5.33. The summed E-state index contributed by atoms with van der Waals surface area (Å²) in [6.07, 6.45) is 0.0533. The second kappa shape index (κ2) is 7.02. The van der Waals surface area contributed by atoms with Crippen molar-refractivity contribution in [2.24, 2.45) is 0 Å². The number of nitrogens with one attached hydrogen (secondary N) is 1. The van der Waals surface area contributed by atoms with Crippen LogP contribution in [0, 0.1) is 0 Å². The number of thiophene rings is 1. The van der Waals surface area contributed by atoms with Crippen LogP contribution in [0.3, 0.4) is 0 Å². The number of halogens is 1. The molecule has 0 aliphatic carbocycles. The molecule has 1 aromatic heterocycles. The summed E-state index contributed by atoms with van der Waals surface area (Å²) in [6.45, 7) is 0.0156. The van der Waals surface area contributed by atoms with Crippen LogP contribution in [0.4, 0.5) is 0 Å². The first-order valence-corrected chi connectivity index (χ1v) is 7.58. The lowest BCUT2D eigenvalue weighted by Crippen LogP contribution is -2.41. The molecule has 2 heterocycles. The van der Waals surface area contributed by atoms with Gasteiger partial charge in [0.1, 0.15) is 12.6 Å². The Morgan fingerprint density at radius 1 is 1.43 bits per heavy atom. The second-order valence-electron chi connectivity index (χ2n) is 4.54. The molecule has 6 nitrogen and oxygen atoms in total. The fourth-order valence-electron chi connectivity index (χ4n) is 2.01. The Balaban J connectivity index is 1.85. The first-order chi connectivity index (χ1) is 10.0. The van der Waals surface area contributed by atoms with Crippen molar-refractivity contribution in [3.63, 3.8) is 0 Å². The number of methoxy groups -OCH3 is 1. The lowest BCUT2D eigenvalue weighted by atomic mass is 10.3. The number of imide groups is 1. The molecule has 2 rings (SSSR count). The van der Waals surface area contributed by atoms with Gasteiger partial charge in [-0.05, 0) is 12.1 Å². The molecule has 0 radical (unpaired) electrons. The van der Waals surface area contributed by atoms with Crippen molar-refractivity contribution in [2.45, 2.75) is 18.9 Å². The molecule has 3 amide bonds. The van der Waals surface area contributed by atoms with E-state index >= 15 is 0 Å². The van der Waals surface area contributed by atoms with E-state index in [1.807, 2.05) is 6.07 Å². The minimum atomic E-state index is -0.386. The Hall–Kier alpha value is -1.44. The molecule has 1 fully saturated rings. The first kappa shape index (κ1) is 15.9. The predicted octanol–water partition coefficient (Wildman–Crippen LogP) is 1.35. The molecule has 21 heavy (non-hydrogen) atoms. The van der Waals surface area contributed by atoms with E-state index in [-0.39, 0.29) is 49.8 Å². The van der Waals surface area contributed by atoms with Crippen molar-refractivity contribution in [3.8, 4) is 0 Å². The van der Waals surface area contributed by atoms with Crippen molar-refractivity contribution in [1.82, 2.24) is 10.2 Å². The van der Waals surface area contributed by atoms with Gasteiger partial charge in [0.2, 0.25) is 17.7 Å².